The lowest BCUT2D eigenvalue weighted by Gasteiger charge is -2.19. The second-order valence-corrected chi connectivity index (χ2v) is 8.61. The SMILES string of the molecule is CC[C@H](CC(=O)O)n1c(=O)c2ccccc2n(Cc2nsc3cc(C)cc(C)c23)c1=O. The van der Waals surface area contributed by atoms with Gasteiger partial charge in [0.25, 0.3) is 5.56 Å². The van der Waals surface area contributed by atoms with Gasteiger partial charge in [-0.05, 0) is 61.1 Å². The van der Waals surface area contributed by atoms with Crippen molar-refractivity contribution in [3.63, 3.8) is 0 Å². The molecule has 7 nitrogen and oxygen atoms in total. The molecule has 2 aromatic carbocycles. The standard InChI is InChI=1S/C23H23N3O4S/c1-4-15(11-20(27)28)26-22(29)16-7-5-6-8-18(16)25(23(26)30)12-17-21-14(3)9-13(2)10-19(21)31-24-17/h5-10,15H,4,11-12H2,1-3H3,(H,27,28)/t15-/m1/s1. The number of carboxylic acid groups (broad SMARTS) is 1. The summed E-state index contributed by atoms with van der Waals surface area (Å²) in [7, 11) is 0. The van der Waals surface area contributed by atoms with Crippen LogP contribution in [0.15, 0.2) is 46.0 Å². The van der Waals surface area contributed by atoms with E-state index >= 15 is 0 Å². The molecule has 2 heterocycles. The van der Waals surface area contributed by atoms with E-state index in [9.17, 15) is 19.5 Å². The molecule has 1 N–H and O–H groups in total. The van der Waals surface area contributed by atoms with E-state index in [1.54, 1.807) is 31.2 Å². The first-order valence-corrected chi connectivity index (χ1v) is 10.9. The predicted molar refractivity (Wildman–Crippen MR) is 122 cm³/mol. The van der Waals surface area contributed by atoms with Gasteiger partial charge in [0.2, 0.25) is 0 Å². The zero-order chi connectivity index (χ0) is 22.3. The Balaban J connectivity index is 1.97. The first-order valence-electron chi connectivity index (χ1n) is 10.1. The van der Waals surface area contributed by atoms with Crippen LogP contribution >= 0.6 is 11.5 Å². The molecule has 4 rings (SSSR count). The summed E-state index contributed by atoms with van der Waals surface area (Å²) in [4.78, 5) is 38.0. The Kier molecular flexibility index (Phi) is 5.49. The van der Waals surface area contributed by atoms with Gasteiger partial charge in [-0.2, -0.15) is 4.37 Å². The van der Waals surface area contributed by atoms with Crippen molar-refractivity contribution in [1.29, 1.82) is 0 Å². The molecular formula is C23H23N3O4S. The van der Waals surface area contributed by atoms with Crippen LogP contribution in [-0.2, 0) is 11.3 Å². The average Bonchev–Trinajstić information content (AvgIpc) is 3.12. The fraction of sp³-hybridized carbons (Fsp3) is 0.304. The molecule has 0 amide bonds. The number of carbonyl (C=O) groups is 1. The van der Waals surface area contributed by atoms with Crippen molar-refractivity contribution in [1.82, 2.24) is 13.5 Å². The van der Waals surface area contributed by atoms with Gasteiger partial charge in [-0.3, -0.25) is 18.7 Å². The third-order valence-electron chi connectivity index (χ3n) is 5.62. The molecule has 31 heavy (non-hydrogen) atoms. The highest BCUT2D eigenvalue weighted by molar-refractivity contribution is 7.13. The van der Waals surface area contributed by atoms with Crippen molar-refractivity contribution < 1.29 is 9.90 Å². The molecule has 0 unspecified atom stereocenters. The lowest BCUT2D eigenvalue weighted by Crippen LogP contribution is -2.43. The van der Waals surface area contributed by atoms with E-state index in [2.05, 4.69) is 16.5 Å². The van der Waals surface area contributed by atoms with Gasteiger partial charge in [-0.1, -0.05) is 25.1 Å². The van der Waals surface area contributed by atoms with Crippen LogP contribution in [0, 0.1) is 13.8 Å². The number of carboxylic acids is 1. The van der Waals surface area contributed by atoms with Crippen molar-refractivity contribution in [2.75, 3.05) is 0 Å². The minimum absolute atomic E-state index is 0.201. The Labute approximate surface area is 182 Å². The Morgan fingerprint density at radius 1 is 1.19 bits per heavy atom. The summed E-state index contributed by atoms with van der Waals surface area (Å²) in [5.41, 5.74) is 2.55. The molecule has 0 spiro atoms. The van der Waals surface area contributed by atoms with E-state index in [4.69, 9.17) is 0 Å². The molecule has 160 valence electrons. The molecule has 0 radical (unpaired) electrons. The van der Waals surface area contributed by atoms with Crippen LogP contribution in [0.1, 0.15) is 42.6 Å². The van der Waals surface area contributed by atoms with E-state index < -0.39 is 23.3 Å². The van der Waals surface area contributed by atoms with Crippen LogP contribution in [0.3, 0.4) is 0 Å². The maximum atomic E-state index is 13.5. The topological polar surface area (TPSA) is 94.2 Å². The number of nitrogens with zero attached hydrogens (tertiary/aromatic N) is 3. The predicted octanol–water partition coefficient (Wildman–Crippen LogP) is 3.86. The van der Waals surface area contributed by atoms with E-state index in [1.165, 1.54) is 16.1 Å². The summed E-state index contributed by atoms with van der Waals surface area (Å²) in [6.07, 6.45) is 0.0693. The van der Waals surface area contributed by atoms with Crippen molar-refractivity contribution in [2.24, 2.45) is 0 Å². The Hall–Kier alpha value is -3.26. The molecule has 0 saturated carbocycles. The van der Waals surface area contributed by atoms with Gasteiger partial charge in [0.15, 0.2) is 0 Å². The number of hydrogen-bond acceptors (Lipinski definition) is 5. The molecular weight excluding hydrogens is 414 g/mol. The van der Waals surface area contributed by atoms with Crippen molar-refractivity contribution >= 4 is 38.5 Å². The number of para-hydroxylation sites is 1. The van der Waals surface area contributed by atoms with Gasteiger partial charge in [0.05, 0.1) is 40.3 Å². The Morgan fingerprint density at radius 3 is 2.65 bits per heavy atom. The molecule has 0 fully saturated rings. The third-order valence-corrected chi connectivity index (χ3v) is 6.45. The second kappa shape index (κ2) is 8.11. The summed E-state index contributed by atoms with van der Waals surface area (Å²) in [6, 6.07) is 10.4. The summed E-state index contributed by atoms with van der Waals surface area (Å²) < 4.78 is 8.29. The monoisotopic (exact) mass is 437 g/mol. The van der Waals surface area contributed by atoms with Crippen LogP contribution in [0.2, 0.25) is 0 Å². The van der Waals surface area contributed by atoms with Crippen molar-refractivity contribution in [3.05, 3.63) is 74.1 Å². The maximum absolute atomic E-state index is 13.5. The summed E-state index contributed by atoms with van der Waals surface area (Å²) in [5.74, 6) is -1.05. The maximum Gasteiger partial charge on any atom is 0.332 e. The highest BCUT2D eigenvalue weighted by atomic mass is 32.1. The van der Waals surface area contributed by atoms with E-state index in [1.807, 2.05) is 13.8 Å². The number of rotatable bonds is 6. The van der Waals surface area contributed by atoms with E-state index in [0.717, 1.165) is 31.5 Å². The fourth-order valence-electron chi connectivity index (χ4n) is 4.21. The molecule has 0 aliphatic heterocycles. The smallest absolute Gasteiger partial charge is 0.332 e. The van der Waals surface area contributed by atoms with Gasteiger partial charge in [0, 0.05) is 5.39 Å². The molecule has 0 aliphatic carbocycles. The molecule has 1 atom stereocenters. The third kappa shape index (κ3) is 3.67. The molecule has 8 heteroatoms. The van der Waals surface area contributed by atoms with Crippen LogP contribution in [-0.4, -0.2) is 24.6 Å². The van der Waals surface area contributed by atoms with Gasteiger partial charge < -0.3 is 5.11 Å². The lowest BCUT2D eigenvalue weighted by molar-refractivity contribution is -0.138. The van der Waals surface area contributed by atoms with Crippen LogP contribution in [0.5, 0.6) is 0 Å². The van der Waals surface area contributed by atoms with E-state index in [0.29, 0.717) is 17.3 Å². The number of hydrogen-bond donors (Lipinski definition) is 1. The van der Waals surface area contributed by atoms with E-state index in [-0.39, 0.29) is 13.0 Å². The first kappa shape index (κ1) is 21.0. The minimum Gasteiger partial charge on any atom is -0.481 e. The number of benzene rings is 2. The number of aromatic nitrogens is 3. The molecule has 0 aliphatic rings. The van der Waals surface area contributed by atoms with Crippen LogP contribution in [0.4, 0.5) is 0 Å². The second-order valence-electron chi connectivity index (χ2n) is 7.81. The Bertz CT molecular complexity index is 1430. The normalized spacial score (nSPS) is 12.5. The molecule has 2 aromatic heterocycles. The van der Waals surface area contributed by atoms with Gasteiger partial charge >= 0.3 is 11.7 Å². The summed E-state index contributed by atoms with van der Waals surface area (Å²) in [5, 5.41) is 10.7. The van der Waals surface area contributed by atoms with Gasteiger partial charge in [-0.25, -0.2) is 4.79 Å². The summed E-state index contributed by atoms with van der Waals surface area (Å²) >= 11 is 1.39. The largest absolute Gasteiger partial charge is 0.481 e. The Morgan fingerprint density at radius 2 is 1.94 bits per heavy atom. The zero-order valence-electron chi connectivity index (χ0n) is 17.6. The minimum atomic E-state index is -1.05. The quantitative estimate of drug-likeness (QED) is 0.494. The summed E-state index contributed by atoms with van der Waals surface area (Å²) in [6.45, 7) is 6.04. The highest BCUT2D eigenvalue weighted by Crippen LogP contribution is 2.28. The van der Waals surface area contributed by atoms with Crippen LogP contribution < -0.4 is 11.2 Å². The highest BCUT2D eigenvalue weighted by Gasteiger charge is 2.22. The number of aliphatic carboxylic acids is 1. The fourth-order valence-corrected chi connectivity index (χ4v) is 5.18. The number of aryl methyl sites for hydroxylation is 2. The van der Waals surface area contributed by atoms with Gasteiger partial charge in [-0.15, -0.1) is 0 Å². The average molecular weight is 438 g/mol. The van der Waals surface area contributed by atoms with Gasteiger partial charge in [0.1, 0.15) is 0 Å². The number of fused-ring (bicyclic) bond motifs is 2. The zero-order valence-corrected chi connectivity index (χ0v) is 18.4. The molecule has 0 saturated heterocycles. The van der Waals surface area contributed by atoms with Crippen LogP contribution in [0.25, 0.3) is 21.0 Å². The van der Waals surface area contributed by atoms with Crippen molar-refractivity contribution in [2.45, 2.75) is 46.2 Å². The lowest BCUT2D eigenvalue weighted by atomic mass is 10.1. The first-order chi connectivity index (χ1) is 14.8. The molecule has 4 aromatic rings. The molecule has 0 bridgehead atoms. The van der Waals surface area contributed by atoms with Crippen molar-refractivity contribution in [3.8, 4) is 0 Å².